The van der Waals surface area contributed by atoms with Gasteiger partial charge in [-0.2, -0.15) is 0 Å². The fourth-order valence-corrected chi connectivity index (χ4v) is 11.3. The molecule has 2 nitrogen and oxygen atoms in total. The fourth-order valence-electron chi connectivity index (χ4n) is 11.3. The zero-order valence-corrected chi connectivity index (χ0v) is 38.6. The molecular weight excluding hydrogens is 833 g/mol. The van der Waals surface area contributed by atoms with Crippen LogP contribution >= 0.6 is 0 Å². The van der Waals surface area contributed by atoms with Gasteiger partial charge in [0.25, 0.3) is 0 Å². The van der Waals surface area contributed by atoms with Crippen LogP contribution in [-0.2, 0) is 5.41 Å². The second-order valence-electron chi connectivity index (χ2n) is 18.8. The topological polar surface area (TPSA) is 8.17 Å². The zero-order valence-electron chi connectivity index (χ0n) is 38.6. The van der Waals surface area contributed by atoms with Crippen LogP contribution in [0.15, 0.2) is 255 Å². The van der Waals surface area contributed by atoms with E-state index in [4.69, 9.17) is 0 Å². The van der Waals surface area contributed by atoms with Gasteiger partial charge in [0.2, 0.25) is 0 Å². The molecule has 0 bridgehead atoms. The third kappa shape index (κ3) is 6.63. The third-order valence-electron chi connectivity index (χ3n) is 14.6. The van der Waals surface area contributed by atoms with E-state index in [1.165, 1.54) is 88.2 Å². The molecule has 0 spiro atoms. The van der Waals surface area contributed by atoms with Gasteiger partial charge >= 0.3 is 0 Å². The van der Waals surface area contributed by atoms with Crippen molar-refractivity contribution in [2.75, 3.05) is 4.90 Å². The molecule has 69 heavy (non-hydrogen) atoms. The number of para-hydroxylation sites is 4. The fraction of sp³-hybridized carbons (Fsp3) is 0.0448. The number of anilines is 3. The van der Waals surface area contributed by atoms with Crippen LogP contribution in [0.1, 0.15) is 25.0 Å². The highest BCUT2D eigenvalue weighted by Gasteiger charge is 2.35. The number of benzene rings is 11. The van der Waals surface area contributed by atoms with Crippen molar-refractivity contribution in [3.8, 4) is 61.3 Å². The normalized spacial score (nSPS) is 12.6. The summed E-state index contributed by atoms with van der Waals surface area (Å²) in [6.45, 7) is 4.73. The van der Waals surface area contributed by atoms with E-state index < -0.39 is 0 Å². The lowest BCUT2D eigenvalue weighted by molar-refractivity contribution is 0.660. The molecule has 1 aliphatic carbocycles. The second-order valence-corrected chi connectivity index (χ2v) is 18.8. The molecule has 0 radical (unpaired) electrons. The molecule has 0 fully saturated rings. The molecule has 0 saturated carbocycles. The molecule has 2 heteroatoms. The van der Waals surface area contributed by atoms with Gasteiger partial charge in [0.15, 0.2) is 0 Å². The maximum absolute atomic E-state index is 2.49. The molecule has 326 valence electrons. The van der Waals surface area contributed by atoms with E-state index in [0.29, 0.717) is 0 Å². The number of aromatic nitrogens is 1. The summed E-state index contributed by atoms with van der Waals surface area (Å²) < 4.78 is 2.40. The molecule has 0 saturated heterocycles. The van der Waals surface area contributed by atoms with Crippen molar-refractivity contribution in [1.29, 1.82) is 0 Å². The summed E-state index contributed by atoms with van der Waals surface area (Å²) in [5.41, 5.74) is 21.6. The highest BCUT2D eigenvalue weighted by molar-refractivity contribution is 6.11. The van der Waals surface area contributed by atoms with Crippen molar-refractivity contribution >= 4 is 49.6 Å². The van der Waals surface area contributed by atoms with Crippen LogP contribution in [0.5, 0.6) is 0 Å². The SMILES string of the molecule is CC1(C)c2ccccc2-c2ccc(-c3ccccc3N(c3ccc(-c4ccc5c6ccccc6n(-c6ccccc6)c5c4)cc3)c3ccccc3-c3cccc4cccc(-c5ccccc5)c34)cc21. The lowest BCUT2D eigenvalue weighted by atomic mass is 9.81. The molecule has 11 aromatic carbocycles. The zero-order chi connectivity index (χ0) is 46.1. The predicted molar refractivity (Wildman–Crippen MR) is 292 cm³/mol. The van der Waals surface area contributed by atoms with Gasteiger partial charge in [-0.15, -0.1) is 0 Å². The van der Waals surface area contributed by atoms with Crippen LogP contribution in [0.2, 0.25) is 0 Å². The summed E-state index contributed by atoms with van der Waals surface area (Å²) in [6, 6.07) is 93.7. The first-order chi connectivity index (χ1) is 34.0. The molecule has 13 rings (SSSR count). The quantitative estimate of drug-likeness (QED) is 0.148. The van der Waals surface area contributed by atoms with E-state index in [-0.39, 0.29) is 5.41 Å². The van der Waals surface area contributed by atoms with Gasteiger partial charge in [0.1, 0.15) is 0 Å². The third-order valence-corrected chi connectivity index (χ3v) is 14.6. The van der Waals surface area contributed by atoms with Crippen molar-refractivity contribution < 1.29 is 0 Å². The predicted octanol–water partition coefficient (Wildman–Crippen LogP) is 18.4. The molecule has 1 heterocycles. The number of hydrogen-bond acceptors (Lipinski definition) is 1. The Balaban J connectivity index is 1.00. The van der Waals surface area contributed by atoms with E-state index in [1.54, 1.807) is 0 Å². The molecule has 0 aliphatic heterocycles. The molecule has 0 N–H and O–H groups in total. The van der Waals surface area contributed by atoms with E-state index in [9.17, 15) is 0 Å². The minimum Gasteiger partial charge on any atom is -0.309 e. The number of fused-ring (bicyclic) bond motifs is 7. The molecular formula is C67H48N2. The van der Waals surface area contributed by atoms with Gasteiger partial charge in [-0.05, 0) is 121 Å². The maximum Gasteiger partial charge on any atom is 0.0547 e. The van der Waals surface area contributed by atoms with E-state index in [1.807, 2.05) is 0 Å². The number of hydrogen-bond donors (Lipinski definition) is 0. The van der Waals surface area contributed by atoms with Crippen molar-refractivity contribution in [1.82, 2.24) is 4.57 Å². The minimum atomic E-state index is -0.123. The van der Waals surface area contributed by atoms with Crippen LogP contribution in [-0.4, -0.2) is 4.57 Å². The van der Waals surface area contributed by atoms with Crippen LogP contribution in [0.4, 0.5) is 17.1 Å². The second kappa shape index (κ2) is 16.3. The molecule has 0 atom stereocenters. The average Bonchev–Trinajstić information content (AvgIpc) is 3.86. The summed E-state index contributed by atoms with van der Waals surface area (Å²) in [6.07, 6.45) is 0. The van der Waals surface area contributed by atoms with Crippen LogP contribution in [0, 0.1) is 0 Å². The van der Waals surface area contributed by atoms with Gasteiger partial charge in [-0.25, -0.2) is 0 Å². The Kier molecular flexibility index (Phi) is 9.55. The van der Waals surface area contributed by atoms with Crippen molar-refractivity contribution in [2.45, 2.75) is 19.3 Å². The molecule has 12 aromatic rings. The van der Waals surface area contributed by atoms with Crippen LogP contribution < -0.4 is 4.90 Å². The first-order valence-corrected chi connectivity index (χ1v) is 24.0. The lowest BCUT2D eigenvalue weighted by Gasteiger charge is -2.30. The standard InChI is InChI=1S/C67H48N2/c1-67(2)60-31-13-9-26-54(60)55-41-38-49(43-61(55)67)52-25-10-14-32-62(52)68(64-34-16-12-28-57(64)59-30-18-22-47-21-17-29-53(66(47)59)46-19-5-3-6-20-46)51-39-35-45(36-40-51)48-37-42-58-56-27-11-15-33-63(56)69(65(58)44-48)50-23-7-4-8-24-50/h3-44H,1-2H3. The summed E-state index contributed by atoms with van der Waals surface area (Å²) in [5.74, 6) is 0. The minimum absolute atomic E-state index is 0.123. The lowest BCUT2D eigenvalue weighted by Crippen LogP contribution is -2.15. The molecule has 1 aromatic heterocycles. The maximum atomic E-state index is 2.49. The highest BCUT2D eigenvalue weighted by atomic mass is 15.1. The van der Waals surface area contributed by atoms with Gasteiger partial charge < -0.3 is 9.47 Å². The van der Waals surface area contributed by atoms with Gasteiger partial charge in [-0.3, -0.25) is 0 Å². The Labute approximate surface area is 403 Å². The Bertz CT molecular complexity index is 3910. The van der Waals surface area contributed by atoms with Crippen molar-refractivity contribution in [3.05, 3.63) is 266 Å². The average molecular weight is 881 g/mol. The van der Waals surface area contributed by atoms with E-state index in [0.717, 1.165) is 33.9 Å². The van der Waals surface area contributed by atoms with Crippen molar-refractivity contribution in [2.24, 2.45) is 0 Å². The van der Waals surface area contributed by atoms with Gasteiger partial charge in [0, 0.05) is 38.7 Å². The molecule has 0 unspecified atom stereocenters. The summed E-state index contributed by atoms with van der Waals surface area (Å²) in [4.78, 5) is 2.49. The highest BCUT2D eigenvalue weighted by Crippen LogP contribution is 2.52. The Morgan fingerprint density at radius 1 is 0.333 bits per heavy atom. The van der Waals surface area contributed by atoms with Crippen LogP contribution in [0.3, 0.4) is 0 Å². The van der Waals surface area contributed by atoms with E-state index >= 15 is 0 Å². The Morgan fingerprint density at radius 2 is 0.899 bits per heavy atom. The largest absolute Gasteiger partial charge is 0.309 e. The summed E-state index contributed by atoms with van der Waals surface area (Å²) in [5, 5.41) is 4.96. The van der Waals surface area contributed by atoms with Crippen molar-refractivity contribution in [3.63, 3.8) is 0 Å². The van der Waals surface area contributed by atoms with Crippen LogP contribution in [0.25, 0.3) is 93.9 Å². The molecule has 1 aliphatic rings. The number of nitrogens with zero attached hydrogens (tertiary/aromatic N) is 2. The smallest absolute Gasteiger partial charge is 0.0547 e. The summed E-state index contributed by atoms with van der Waals surface area (Å²) >= 11 is 0. The van der Waals surface area contributed by atoms with E-state index in [2.05, 4.69) is 278 Å². The van der Waals surface area contributed by atoms with Gasteiger partial charge in [-0.1, -0.05) is 214 Å². The Morgan fingerprint density at radius 3 is 1.68 bits per heavy atom. The number of rotatable bonds is 8. The Hall–Kier alpha value is -8.72. The monoisotopic (exact) mass is 880 g/mol. The molecule has 0 amide bonds. The first kappa shape index (κ1) is 40.5. The summed E-state index contributed by atoms with van der Waals surface area (Å²) in [7, 11) is 0. The van der Waals surface area contributed by atoms with Gasteiger partial charge in [0.05, 0.1) is 22.4 Å². The first-order valence-electron chi connectivity index (χ1n) is 24.0.